The largest absolute Gasteiger partial charge is 0.497 e. The van der Waals surface area contributed by atoms with Gasteiger partial charge in [0.2, 0.25) is 5.91 Å². The smallest absolute Gasteiger partial charge is 0.238 e. The average molecular weight is 312 g/mol. The summed E-state index contributed by atoms with van der Waals surface area (Å²) < 4.78 is 5.12. The number of anilines is 1. The van der Waals surface area contributed by atoms with Crippen LogP contribution in [0.5, 0.6) is 5.75 Å². The molecule has 2 aromatic rings. The lowest BCUT2D eigenvalue weighted by Gasteiger charge is -2.13. The number of benzene rings is 2. The second kappa shape index (κ2) is 7.79. The Hall–Kier alpha value is -2.33. The second-order valence-electron chi connectivity index (χ2n) is 5.77. The molecule has 4 nitrogen and oxygen atoms in total. The van der Waals surface area contributed by atoms with E-state index in [0.717, 1.165) is 28.1 Å². The minimum absolute atomic E-state index is 0.0337. The zero-order valence-electron chi connectivity index (χ0n) is 14.2. The van der Waals surface area contributed by atoms with Crippen LogP contribution in [0.3, 0.4) is 0 Å². The third kappa shape index (κ3) is 4.83. The third-order valence-electron chi connectivity index (χ3n) is 3.72. The molecule has 0 unspecified atom stereocenters. The van der Waals surface area contributed by atoms with Gasteiger partial charge in [-0.1, -0.05) is 29.8 Å². The SMILES string of the molecule is COc1ccc(CNCC(=O)Nc2c(C)cc(C)cc2C)cc1. The summed E-state index contributed by atoms with van der Waals surface area (Å²) in [7, 11) is 1.65. The molecule has 0 aliphatic rings. The van der Waals surface area contributed by atoms with Gasteiger partial charge in [-0.25, -0.2) is 0 Å². The number of ether oxygens (including phenoxy) is 1. The van der Waals surface area contributed by atoms with Gasteiger partial charge in [0.1, 0.15) is 5.75 Å². The predicted octanol–water partition coefficient (Wildman–Crippen LogP) is 3.35. The highest BCUT2D eigenvalue weighted by atomic mass is 16.5. The van der Waals surface area contributed by atoms with Crippen LogP contribution in [-0.4, -0.2) is 19.6 Å². The summed E-state index contributed by atoms with van der Waals surface area (Å²) >= 11 is 0. The number of rotatable bonds is 6. The summed E-state index contributed by atoms with van der Waals surface area (Å²) in [5.41, 5.74) is 5.40. The van der Waals surface area contributed by atoms with Gasteiger partial charge in [-0.05, 0) is 49.6 Å². The topological polar surface area (TPSA) is 50.4 Å². The van der Waals surface area contributed by atoms with Gasteiger partial charge in [-0.2, -0.15) is 0 Å². The van der Waals surface area contributed by atoms with Crippen LogP contribution >= 0.6 is 0 Å². The van der Waals surface area contributed by atoms with Crippen molar-refractivity contribution in [1.82, 2.24) is 5.32 Å². The Balaban J connectivity index is 1.85. The number of nitrogens with one attached hydrogen (secondary N) is 2. The Morgan fingerprint density at radius 2 is 1.65 bits per heavy atom. The molecule has 1 amide bonds. The van der Waals surface area contributed by atoms with E-state index >= 15 is 0 Å². The van der Waals surface area contributed by atoms with Crippen molar-refractivity contribution in [2.24, 2.45) is 0 Å². The first-order valence-corrected chi connectivity index (χ1v) is 7.71. The molecule has 0 saturated carbocycles. The van der Waals surface area contributed by atoms with Gasteiger partial charge in [-0.3, -0.25) is 4.79 Å². The van der Waals surface area contributed by atoms with Gasteiger partial charge in [0, 0.05) is 12.2 Å². The Morgan fingerprint density at radius 3 is 2.22 bits per heavy atom. The van der Waals surface area contributed by atoms with Crippen LogP contribution in [0.4, 0.5) is 5.69 Å². The molecule has 0 aromatic heterocycles. The number of carbonyl (C=O) groups excluding carboxylic acids is 1. The summed E-state index contributed by atoms with van der Waals surface area (Å²) in [5, 5.41) is 6.15. The molecule has 0 heterocycles. The maximum absolute atomic E-state index is 12.1. The lowest BCUT2D eigenvalue weighted by Crippen LogP contribution is -2.28. The number of carbonyl (C=O) groups is 1. The van der Waals surface area contributed by atoms with Crippen LogP contribution in [0.15, 0.2) is 36.4 Å². The minimum atomic E-state index is -0.0337. The highest BCUT2D eigenvalue weighted by molar-refractivity contribution is 5.93. The maximum Gasteiger partial charge on any atom is 0.238 e. The maximum atomic E-state index is 12.1. The zero-order valence-corrected chi connectivity index (χ0v) is 14.2. The first-order valence-electron chi connectivity index (χ1n) is 7.71. The fourth-order valence-corrected chi connectivity index (χ4v) is 2.62. The molecule has 23 heavy (non-hydrogen) atoms. The van der Waals surface area contributed by atoms with E-state index in [1.54, 1.807) is 7.11 Å². The average Bonchev–Trinajstić information content (AvgIpc) is 2.51. The normalized spacial score (nSPS) is 10.4. The highest BCUT2D eigenvalue weighted by Gasteiger charge is 2.08. The van der Waals surface area contributed by atoms with Crippen LogP contribution in [0.2, 0.25) is 0 Å². The number of methoxy groups -OCH3 is 1. The Labute approximate surface area is 137 Å². The number of amides is 1. The molecule has 0 atom stereocenters. The molecule has 4 heteroatoms. The van der Waals surface area contributed by atoms with Crippen molar-refractivity contribution in [2.75, 3.05) is 19.0 Å². The van der Waals surface area contributed by atoms with Crippen molar-refractivity contribution in [3.8, 4) is 5.75 Å². The predicted molar refractivity (Wildman–Crippen MR) is 94.0 cm³/mol. The molecule has 0 fully saturated rings. The summed E-state index contributed by atoms with van der Waals surface area (Å²) in [4.78, 5) is 12.1. The van der Waals surface area contributed by atoms with E-state index in [9.17, 15) is 4.79 Å². The van der Waals surface area contributed by atoms with Crippen LogP contribution in [-0.2, 0) is 11.3 Å². The molecule has 0 bridgehead atoms. The molecule has 0 spiro atoms. The van der Waals surface area contributed by atoms with E-state index in [1.807, 2.05) is 38.1 Å². The van der Waals surface area contributed by atoms with Gasteiger partial charge in [0.15, 0.2) is 0 Å². The van der Waals surface area contributed by atoms with Crippen LogP contribution in [0.1, 0.15) is 22.3 Å². The number of hydrogen-bond acceptors (Lipinski definition) is 3. The molecule has 2 aromatic carbocycles. The Bertz CT molecular complexity index is 655. The molecule has 0 saturated heterocycles. The van der Waals surface area contributed by atoms with Gasteiger partial charge in [0.05, 0.1) is 13.7 Å². The van der Waals surface area contributed by atoms with E-state index in [4.69, 9.17) is 4.74 Å². The van der Waals surface area contributed by atoms with Crippen LogP contribution in [0, 0.1) is 20.8 Å². The van der Waals surface area contributed by atoms with E-state index in [-0.39, 0.29) is 12.5 Å². The fourth-order valence-electron chi connectivity index (χ4n) is 2.62. The fraction of sp³-hybridized carbons (Fsp3) is 0.316. The monoisotopic (exact) mass is 312 g/mol. The van der Waals surface area contributed by atoms with E-state index in [0.29, 0.717) is 6.54 Å². The summed E-state index contributed by atoms with van der Waals surface area (Å²) in [6, 6.07) is 11.9. The van der Waals surface area contributed by atoms with E-state index in [1.165, 1.54) is 5.56 Å². The first kappa shape index (κ1) is 17.0. The van der Waals surface area contributed by atoms with Crippen LogP contribution < -0.4 is 15.4 Å². The van der Waals surface area contributed by atoms with Crippen LogP contribution in [0.25, 0.3) is 0 Å². The summed E-state index contributed by atoms with van der Waals surface area (Å²) in [6.45, 7) is 7.00. The van der Waals surface area contributed by atoms with Gasteiger partial charge >= 0.3 is 0 Å². The standard InChI is InChI=1S/C19H24N2O2/c1-13-9-14(2)19(15(3)10-13)21-18(22)12-20-11-16-5-7-17(23-4)8-6-16/h5-10,20H,11-12H2,1-4H3,(H,21,22). The lowest BCUT2D eigenvalue weighted by atomic mass is 10.1. The van der Waals surface area contributed by atoms with Crippen molar-refractivity contribution in [3.05, 3.63) is 58.7 Å². The highest BCUT2D eigenvalue weighted by Crippen LogP contribution is 2.21. The second-order valence-corrected chi connectivity index (χ2v) is 5.77. The van der Waals surface area contributed by atoms with Crippen molar-refractivity contribution in [3.63, 3.8) is 0 Å². The summed E-state index contributed by atoms with van der Waals surface area (Å²) in [5.74, 6) is 0.797. The van der Waals surface area contributed by atoms with Crippen molar-refractivity contribution < 1.29 is 9.53 Å². The van der Waals surface area contributed by atoms with Crippen molar-refractivity contribution in [2.45, 2.75) is 27.3 Å². The van der Waals surface area contributed by atoms with Crippen molar-refractivity contribution >= 4 is 11.6 Å². The van der Waals surface area contributed by atoms with Gasteiger partial charge in [0.25, 0.3) is 0 Å². The number of hydrogen-bond donors (Lipinski definition) is 2. The molecule has 0 aliphatic heterocycles. The Kier molecular flexibility index (Phi) is 5.77. The van der Waals surface area contributed by atoms with E-state index < -0.39 is 0 Å². The molecular formula is C19H24N2O2. The molecular weight excluding hydrogens is 288 g/mol. The lowest BCUT2D eigenvalue weighted by molar-refractivity contribution is -0.115. The zero-order chi connectivity index (χ0) is 16.8. The Morgan fingerprint density at radius 1 is 1.04 bits per heavy atom. The first-order chi connectivity index (χ1) is 11.0. The van der Waals surface area contributed by atoms with Crippen molar-refractivity contribution in [1.29, 1.82) is 0 Å². The minimum Gasteiger partial charge on any atom is -0.497 e. The quantitative estimate of drug-likeness (QED) is 0.860. The van der Waals surface area contributed by atoms with E-state index in [2.05, 4.69) is 29.7 Å². The van der Waals surface area contributed by atoms with Gasteiger partial charge in [-0.15, -0.1) is 0 Å². The van der Waals surface area contributed by atoms with Gasteiger partial charge < -0.3 is 15.4 Å². The molecule has 2 rings (SSSR count). The molecule has 122 valence electrons. The number of aryl methyl sites for hydroxylation is 3. The molecule has 0 radical (unpaired) electrons. The molecule has 2 N–H and O–H groups in total. The molecule has 0 aliphatic carbocycles. The summed E-state index contributed by atoms with van der Waals surface area (Å²) in [6.07, 6.45) is 0. The third-order valence-corrected chi connectivity index (χ3v) is 3.72.